The van der Waals surface area contributed by atoms with Gasteiger partial charge in [0, 0.05) is 12.8 Å². The Kier molecular flexibility index (Phi) is 11.4. The summed E-state index contributed by atoms with van der Waals surface area (Å²) in [6.07, 6.45) is 17.6. The topological polar surface area (TPSA) is 37.3 Å². The monoisotopic (exact) mass is 223 g/mol. The van der Waals surface area contributed by atoms with Crippen LogP contribution in [0.15, 0.2) is 0 Å². The standard InChI is InChI=1S/C14H23O2/c1-2-3-4-5-6-7-8-9-10-11-12-13-14(15)16/h1,3H,4-13H2,(H,15,16). The minimum absolute atomic E-state index is 0.321. The molecule has 1 N–H and O–H groups in total. The Morgan fingerprint density at radius 2 is 1.50 bits per heavy atom. The van der Waals surface area contributed by atoms with Crippen LogP contribution in [0.5, 0.6) is 0 Å². The Balaban J connectivity index is 2.94. The van der Waals surface area contributed by atoms with Gasteiger partial charge in [-0.2, -0.15) is 0 Å². The van der Waals surface area contributed by atoms with Gasteiger partial charge in [-0.1, -0.05) is 44.9 Å². The normalized spacial score (nSPS) is 9.94. The zero-order chi connectivity index (χ0) is 12.1. The fraction of sp³-hybridized carbons (Fsp3) is 0.714. The molecule has 2 heteroatoms. The summed E-state index contributed by atoms with van der Waals surface area (Å²) in [4.78, 5) is 10.2. The number of hydrogen-bond donors (Lipinski definition) is 1. The Labute approximate surface area is 99.4 Å². The summed E-state index contributed by atoms with van der Waals surface area (Å²) < 4.78 is 0. The van der Waals surface area contributed by atoms with E-state index in [4.69, 9.17) is 11.5 Å². The van der Waals surface area contributed by atoms with Gasteiger partial charge in [0.05, 0.1) is 0 Å². The predicted molar refractivity (Wildman–Crippen MR) is 66.9 cm³/mol. The minimum Gasteiger partial charge on any atom is -0.481 e. The number of terminal acetylenes is 1. The van der Waals surface area contributed by atoms with Crippen molar-refractivity contribution in [3.05, 3.63) is 6.42 Å². The Morgan fingerprint density at radius 3 is 2.00 bits per heavy atom. The van der Waals surface area contributed by atoms with Gasteiger partial charge in [0.25, 0.3) is 0 Å². The van der Waals surface area contributed by atoms with Gasteiger partial charge >= 0.3 is 5.97 Å². The summed E-state index contributed by atoms with van der Waals surface area (Å²) in [5.74, 6) is 1.85. The molecule has 0 rings (SSSR count). The van der Waals surface area contributed by atoms with Gasteiger partial charge in [0.1, 0.15) is 0 Å². The summed E-state index contributed by atoms with van der Waals surface area (Å²) in [5, 5.41) is 8.44. The van der Waals surface area contributed by atoms with Crippen molar-refractivity contribution in [2.75, 3.05) is 0 Å². The van der Waals surface area contributed by atoms with Crippen molar-refractivity contribution < 1.29 is 9.90 Å². The van der Waals surface area contributed by atoms with Gasteiger partial charge in [-0.3, -0.25) is 4.79 Å². The van der Waals surface area contributed by atoms with Gasteiger partial charge in [0.2, 0.25) is 0 Å². The lowest BCUT2D eigenvalue weighted by molar-refractivity contribution is -0.137. The second-order valence-corrected chi connectivity index (χ2v) is 4.13. The van der Waals surface area contributed by atoms with Crippen molar-refractivity contribution in [2.24, 2.45) is 0 Å². The molecule has 1 radical (unpaired) electrons. The number of carboxylic acid groups (broad SMARTS) is 1. The van der Waals surface area contributed by atoms with E-state index in [1.54, 1.807) is 0 Å². The van der Waals surface area contributed by atoms with E-state index >= 15 is 0 Å². The molecule has 0 amide bonds. The molecule has 0 atom stereocenters. The molecule has 0 aromatic carbocycles. The van der Waals surface area contributed by atoms with E-state index < -0.39 is 5.97 Å². The van der Waals surface area contributed by atoms with Crippen molar-refractivity contribution in [1.29, 1.82) is 0 Å². The third-order valence-electron chi connectivity index (χ3n) is 2.61. The molecule has 0 aliphatic rings. The van der Waals surface area contributed by atoms with Crippen LogP contribution in [-0.2, 0) is 4.79 Å². The average molecular weight is 223 g/mol. The lowest BCUT2D eigenvalue weighted by Crippen LogP contribution is -1.93. The van der Waals surface area contributed by atoms with Crippen LogP contribution in [0, 0.1) is 18.8 Å². The third-order valence-corrected chi connectivity index (χ3v) is 2.61. The molecule has 0 spiro atoms. The maximum absolute atomic E-state index is 10.2. The third kappa shape index (κ3) is 13.0. The van der Waals surface area contributed by atoms with Crippen LogP contribution in [0.4, 0.5) is 0 Å². The first kappa shape index (κ1) is 15.0. The molecular formula is C14H23O2. The molecule has 0 bridgehead atoms. The molecular weight excluding hydrogens is 200 g/mol. The molecule has 91 valence electrons. The van der Waals surface area contributed by atoms with Crippen molar-refractivity contribution >= 4 is 5.97 Å². The quantitative estimate of drug-likeness (QED) is 0.427. The van der Waals surface area contributed by atoms with E-state index in [1.807, 2.05) is 6.42 Å². The van der Waals surface area contributed by atoms with E-state index in [0.29, 0.717) is 6.42 Å². The van der Waals surface area contributed by atoms with Gasteiger partial charge in [-0.25, -0.2) is 0 Å². The van der Waals surface area contributed by atoms with Crippen LogP contribution in [0.25, 0.3) is 0 Å². The van der Waals surface area contributed by atoms with Crippen LogP contribution in [0.1, 0.15) is 64.2 Å². The predicted octanol–water partition coefficient (Wildman–Crippen LogP) is 3.81. The Hall–Kier alpha value is -0.970. The smallest absolute Gasteiger partial charge is 0.303 e. The number of hydrogen-bond acceptors (Lipinski definition) is 1. The van der Waals surface area contributed by atoms with E-state index in [0.717, 1.165) is 19.3 Å². The lowest BCUT2D eigenvalue weighted by atomic mass is 10.1. The number of aliphatic carboxylic acids is 1. The SMILES string of the molecule is C#C[CH]CCCCCCCCCCC(=O)O. The Bertz CT molecular complexity index is 203. The molecule has 0 saturated heterocycles. The molecule has 0 aliphatic carbocycles. The van der Waals surface area contributed by atoms with Gasteiger partial charge in [-0.05, 0) is 12.8 Å². The highest BCUT2D eigenvalue weighted by atomic mass is 16.4. The molecule has 0 saturated carbocycles. The van der Waals surface area contributed by atoms with Crippen LogP contribution >= 0.6 is 0 Å². The maximum Gasteiger partial charge on any atom is 0.303 e. The molecule has 0 aromatic rings. The van der Waals surface area contributed by atoms with Gasteiger partial charge in [-0.15, -0.1) is 12.3 Å². The van der Waals surface area contributed by atoms with Crippen LogP contribution in [-0.4, -0.2) is 11.1 Å². The van der Waals surface area contributed by atoms with Crippen molar-refractivity contribution in [3.8, 4) is 12.3 Å². The highest BCUT2D eigenvalue weighted by Crippen LogP contribution is 2.10. The largest absolute Gasteiger partial charge is 0.481 e. The maximum atomic E-state index is 10.2. The Morgan fingerprint density at radius 1 is 1.00 bits per heavy atom. The second-order valence-electron chi connectivity index (χ2n) is 4.13. The average Bonchev–Trinajstić information content (AvgIpc) is 2.25. The fourth-order valence-electron chi connectivity index (χ4n) is 1.67. The highest BCUT2D eigenvalue weighted by molar-refractivity contribution is 5.66. The van der Waals surface area contributed by atoms with Gasteiger partial charge < -0.3 is 5.11 Å². The molecule has 16 heavy (non-hydrogen) atoms. The summed E-state index contributed by atoms with van der Waals surface area (Å²) in [6, 6.07) is 0. The minimum atomic E-state index is -0.676. The molecule has 2 nitrogen and oxygen atoms in total. The first-order chi connectivity index (χ1) is 7.77. The number of carboxylic acids is 1. The summed E-state index contributed by atoms with van der Waals surface area (Å²) >= 11 is 0. The van der Waals surface area contributed by atoms with E-state index in [2.05, 4.69) is 5.92 Å². The lowest BCUT2D eigenvalue weighted by Gasteiger charge is -2.00. The van der Waals surface area contributed by atoms with E-state index in [1.165, 1.54) is 38.5 Å². The number of unbranched alkanes of at least 4 members (excludes halogenated alkanes) is 9. The molecule has 0 aliphatic heterocycles. The van der Waals surface area contributed by atoms with Crippen LogP contribution in [0.2, 0.25) is 0 Å². The molecule has 0 unspecified atom stereocenters. The molecule has 0 heterocycles. The molecule has 0 fully saturated rings. The summed E-state index contributed by atoms with van der Waals surface area (Å²) in [5.41, 5.74) is 0. The fourth-order valence-corrected chi connectivity index (χ4v) is 1.67. The van der Waals surface area contributed by atoms with Crippen molar-refractivity contribution in [2.45, 2.75) is 64.2 Å². The summed E-state index contributed by atoms with van der Waals surface area (Å²) in [6.45, 7) is 0. The first-order valence-electron chi connectivity index (χ1n) is 6.27. The van der Waals surface area contributed by atoms with Crippen molar-refractivity contribution in [3.63, 3.8) is 0 Å². The second kappa shape index (κ2) is 12.1. The zero-order valence-electron chi connectivity index (χ0n) is 10.1. The first-order valence-corrected chi connectivity index (χ1v) is 6.27. The van der Waals surface area contributed by atoms with Gasteiger partial charge in [0.15, 0.2) is 0 Å². The van der Waals surface area contributed by atoms with Crippen molar-refractivity contribution in [1.82, 2.24) is 0 Å². The molecule has 0 aromatic heterocycles. The van der Waals surface area contributed by atoms with E-state index in [9.17, 15) is 4.79 Å². The number of carbonyl (C=O) groups is 1. The zero-order valence-corrected chi connectivity index (χ0v) is 10.1. The van der Waals surface area contributed by atoms with Crippen LogP contribution < -0.4 is 0 Å². The van der Waals surface area contributed by atoms with E-state index in [-0.39, 0.29) is 0 Å². The highest BCUT2D eigenvalue weighted by Gasteiger charge is 1.96. The number of rotatable bonds is 11. The van der Waals surface area contributed by atoms with Crippen LogP contribution in [0.3, 0.4) is 0 Å². The summed E-state index contributed by atoms with van der Waals surface area (Å²) in [7, 11) is 0.